The molecule has 3 aliphatic rings. The quantitative estimate of drug-likeness (QED) is 0.351. The summed E-state index contributed by atoms with van der Waals surface area (Å²) >= 11 is 0. The van der Waals surface area contributed by atoms with Gasteiger partial charge in [0.25, 0.3) is 0 Å². The molecule has 0 amide bonds. The number of halogens is 1. The number of hydrogen-bond acceptors (Lipinski definition) is 4. The first-order valence-corrected chi connectivity index (χ1v) is 11.7. The molecule has 0 saturated carbocycles. The van der Waals surface area contributed by atoms with Crippen LogP contribution in [0.2, 0.25) is 0 Å². The number of aliphatic imine (C=N–C) groups is 1. The lowest BCUT2D eigenvalue weighted by molar-refractivity contribution is -0.0817. The minimum atomic E-state index is 0. The molecule has 2 unspecified atom stereocenters. The van der Waals surface area contributed by atoms with Gasteiger partial charge in [-0.25, -0.2) is 0 Å². The van der Waals surface area contributed by atoms with E-state index in [4.69, 9.17) is 9.47 Å². The zero-order valence-electron chi connectivity index (χ0n) is 19.1. The number of benzene rings is 1. The van der Waals surface area contributed by atoms with Crippen molar-refractivity contribution in [1.29, 1.82) is 0 Å². The molecular weight excluding hydrogens is 503 g/mol. The first kappa shape index (κ1) is 24.7. The van der Waals surface area contributed by atoms with Crippen molar-refractivity contribution in [3.05, 3.63) is 35.4 Å². The highest BCUT2D eigenvalue weighted by Gasteiger charge is 2.32. The molecule has 0 aromatic heterocycles. The summed E-state index contributed by atoms with van der Waals surface area (Å²) < 4.78 is 11.9. The summed E-state index contributed by atoms with van der Waals surface area (Å²) in [5, 5.41) is 3.61. The predicted octanol–water partition coefficient (Wildman–Crippen LogP) is 3.49. The molecule has 1 N–H and O–H groups in total. The van der Waals surface area contributed by atoms with E-state index in [1.54, 1.807) is 0 Å². The first-order valence-electron chi connectivity index (χ1n) is 11.7. The standard InChI is InChI=1S/C24H38N4O2.HI/c1-19-9-11-27(12-10-19)17-21-7-4-3-6-20(21)16-26-24(25-2)28-13-15-30-23(18-28)22-8-5-14-29-22;/h3-4,6-7,19,22-23H,5,8-18H2,1-2H3,(H,25,26);1H. The van der Waals surface area contributed by atoms with E-state index in [0.717, 1.165) is 64.1 Å². The molecule has 3 heterocycles. The Hall–Kier alpha value is -0.900. The van der Waals surface area contributed by atoms with Gasteiger partial charge in [0.05, 0.1) is 12.7 Å². The lowest BCUT2D eigenvalue weighted by Gasteiger charge is -2.37. The van der Waals surface area contributed by atoms with Gasteiger partial charge in [-0.2, -0.15) is 0 Å². The Morgan fingerprint density at radius 2 is 1.77 bits per heavy atom. The molecule has 1 aromatic rings. The molecule has 3 saturated heterocycles. The molecule has 0 bridgehead atoms. The Balaban J connectivity index is 0.00000272. The van der Waals surface area contributed by atoms with Crippen LogP contribution in [0.15, 0.2) is 29.3 Å². The van der Waals surface area contributed by atoms with Crippen LogP contribution in [0.5, 0.6) is 0 Å². The van der Waals surface area contributed by atoms with Crippen molar-refractivity contribution in [3.8, 4) is 0 Å². The molecule has 0 radical (unpaired) electrons. The summed E-state index contributed by atoms with van der Waals surface area (Å²) in [6, 6.07) is 8.83. The second-order valence-electron chi connectivity index (χ2n) is 9.03. The summed E-state index contributed by atoms with van der Waals surface area (Å²) in [6.45, 7) is 9.95. The van der Waals surface area contributed by atoms with Crippen LogP contribution in [-0.4, -0.2) is 74.4 Å². The van der Waals surface area contributed by atoms with E-state index in [1.807, 2.05) is 7.05 Å². The third-order valence-electron chi connectivity index (χ3n) is 6.81. The number of morpholine rings is 1. The van der Waals surface area contributed by atoms with Gasteiger partial charge < -0.3 is 19.7 Å². The van der Waals surface area contributed by atoms with Crippen molar-refractivity contribution in [1.82, 2.24) is 15.1 Å². The van der Waals surface area contributed by atoms with Crippen LogP contribution >= 0.6 is 24.0 Å². The number of hydrogen-bond donors (Lipinski definition) is 1. The molecule has 6 nitrogen and oxygen atoms in total. The molecule has 4 rings (SSSR count). The number of nitrogens with one attached hydrogen (secondary N) is 1. The van der Waals surface area contributed by atoms with Crippen LogP contribution < -0.4 is 5.32 Å². The van der Waals surface area contributed by atoms with Crippen molar-refractivity contribution in [3.63, 3.8) is 0 Å². The van der Waals surface area contributed by atoms with E-state index in [0.29, 0.717) is 0 Å². The fourth-order valence-corrected chi connectivity index (χ4v) is 4.84. The van der Waals surface area contributed by atoms with Crippen LogP contribution in [0, 0.1) is 5.92 Å². The lowest BCUT2D eigenvalue weighted by atomic mass is 9.98. The molecule has 0 spiro atoms. The number of rotatable bonds is 5. The van der Waals surface area contributed by atoms with E-state index < -0.39 is 0 Å². The van der Waals surface area contributed by atoms with Gasteiger partial charge in [-0.1, -0.05) is 31.2 Å². The van der Waals surface area contributed by atoms with Gasteiger partial charge in [0.1, 0.15) is 6.10 Å². The molecule has 1 aromatic carbocycles. The average molecular weight is 543 g/mol. The third kappa shape index (κ3) is 6.79. The van der Waals surface area contributed by atoms with Crippen LogP contribution in [0.3, 0.4) is 0 Å². The van der Waals surface area contributed by atoms with Gasteiger partial charge in [0.15, 0.2) is 5.96 Å². The van der Waals surface area contributed by atoms with Gasteiger partial charge >= 0.3 is 0 Å². The summed E-state index contributed by atoms with van der Waals surface area (Å²) in [7, 11) is 1.87. The maximum atomic E-state index is 6.01. The Morgan fingerprint density at radius 3 is 2.48 bits per heavy atom. The van der Waals surface area contributed by atoms with Crippen molar-refractivity contribution in [2.75, 3.05) is 46.4 Å². The highest BCUT2D eigenvalue weighted by Crippen LogP contribution is 2.22. The van der Waals surface area contributed by atoms with E-state index in [9.17, 15) is 0 Å². The van der Waals surface area contributed by atoms with Gasteiger partial charge in [-0.05, 0) is 55.8 Å². The maximum Gasteiger partial charge on any atom is 0.194 e. The predicted molar refractivity (Wildman–Crippen MR) is 136 cm³/mol. The van der Waals surface area contributed by atoms with E-state index in [2.05, 4.69) is 51.3 Å². The highest BCUT2D eigenvalue weighted by atomic mass is 127. The molecule has 31 heavy (non-hydrogen) atoms. The Morgan fingerprint density at radius 1 is 1.03 bits per heavy atom. The summed E-state index contributed by atoms with van der Waals surface area (Å²) in [5.74, 6) is 1.83. The normalized spacial score (nSPS) is 26.0. The second kappa shape index (κ2) is 12.4. The second-order valence-corrected chi connectivity index (χ2v) is 9.03. The number of piperidine rings is 1. The molecule has 7 heteroatoms. The lowest BCUT2D eigenvalue weighted by Crippen LogP contribution is -2.53. The number of likely N-dealkylation sites (tertiary alicyclic amines) is 1. The molecule has 3 aliphatic heterocycles. The van der Waals surface area contributed by atoms with E-state index in [1.165, 1.54) is 37.1 Å². The fourth-order valence-electron chi connectivity index (χ4n) is 4.84. The van der Waals surface area contributed by atoms with Crippen LogP contribution in [0.1, 0.15) is 43.7 Å². The number of ether oxygens (including phenoxy) is 2. The van der Waals surface area contributed by atoms with Gasteiger partial charge in [0, 0.05) is 39.8 Å². The zero-order valence-corrected chi connectivity index (χ0v) is 21.4. The van der Waals surface area contributed by atoms with Crippen molar-refractivity contribution in [2.45, 2.75) is 57.9 Å². The number of nitrogens with zero attached hydrogens (tertiary/aromatic N) is 3. The van der Waals surface area contributed by atoms with Gasteiger partial charge in [0.2, 0.25) is 0 Å². The summed E-state index contributed by atoms with van der Waals surface area (Å²) in [4.78, 5) is 9.49. The topological polar surface area (TPSA) is 49.3 Å². The summed E-state index contributed by atoms with van der Waals surface area (Å²) in [5.41, 5.74) is 2.79. The maximum absolute atomic E-state index is 6.01. The molecule has 3 fully saturated rings. The SMILES string of the molecule is CN=C(NCc1ccccc1CN1CCC(C)CC1)N1CCOC(C2CCCO2)C1.I. The fraction of sp³-hybridized carbons (Fsp3) is 0.708. The Kier molecular flexibility index (Phi) is 9.87. The van der Waals surface area contributed by atoms with Gasteiger partial charge in [-0.3, -0.25) is 9.89 Å². The van der Waals surface area contributed by atoms with Gasteiger partial charge in [-0.15, -0.1) is 24.0 Å². The first-order chi connectivity index (χ1) is 14.7. The molecule has 174 valence electrons. The monoisotopic (exact) mass is 542 g/mol. The van der Waals surface area contributed by atoms with Crippen molar-refractivity contribution >= 4 is 29.9 Å². The highest BCUT2D eigenvalue weighted by molar-refractivity contribution is 14.0. The Labute approximate surface area is 204 Å². The van der Waals surface area contributed by atoms with Crippen molar-refractivity contribution in [2.24, 2.45) is 10.9 Å². The summed E-state index contributed by atoms with van der Waals surface area (Å²) in [6.07, 6.45) is 5.26. The van der Waals surface area contributed by atoms with E-state index in [-0.39, 0.29) is 36.2 Å². The minimum absolute atomic E-state index is 0. The van der Waals surface area contributed by atoms with E-state index >= 15 is 0 Å². The van der Waals surface area contributed by atoms with Crippen LogP contribution in [0.4, 0.5) is 0 Å². The third-order valence-corrected chi connectivity index (χ3v) is 6.81. The van der Waals surface area contributed by atoms with Crippen molar-refractivity contribution < 1.29 is 9.47 Å². The molecule has 2 atom stereocenters. The Bertz CT molecular complexity index is 703. The van der Waals surface area contributed by atoms with Crippen LogP contribution in [-0.2, 0) is 22.6 Å². The zero-order chi connectivity index (χ0) is 20.8. The molecular formula is C24H39IN4O2. The average Bonchev–Trinajstić information content (AvgIpc) is 3.32. The molecule has 0 aliphatic carbocycles. The number of guanidine groups is 1. The largest absolute Gasteiger partial charge is 0.375 e. The smallest absolute Gasteiger partial charge is 0.194 e. The van der Waals surface area contributed by atoms with Crippen LogP contribution in [0.25, 0.3) is 0 Å². The minimum Gasteiger partial charge on any atom is -0.375 e.